The molecule has 6 nitrogen and oxygen atoms in total. The molecule has 0 spiro atoms. The minimum absolute atomic E-state index is 0.196. The first-order valence-electron chi connectivity index (χ1n) is 9.51. The normalized spacial score (nSPS) is 23.6. The van der Waals surface area contributed by atoms with Gasteiger partial charge in [-0.3, -0.25) is 4.90 Å². The molecule has 8 heteroatoms. The standard InChI is InChI=1S/C19H24F2N2O4/c20-15-9-17-18(10-16(15)21)27-14(12-26-17)11-22-4-1-13(2-5-22)3-6-23-7-8-25-19(23)24/h9-10,13-14H,1-8,11-12H2/t14-/m0/s1. The van der Waals surface area contributed by atoms with Gasteiger partial charge in [-0.2, -0.15) is 0 Å². The van der Waals surface area contributed by atoms with Gasteiger partial charge in [0.1, 0.15) is 19.3 Å². The molecule has 0 saturated carbocycles. The number of carbonyl (C=O) groups is 1. The van der Waals surface area contributed by atoms with Crippen molar-refractivity contribution in [1.29, 1.82) is 0 Å². The molecular formula is C19H24F2N2O4. The van der Waals surface area contributed by atoms with Gasteiger partial charge in [-0.15, -0.1) is 0 Å². The quantitative estimate of drug-likeness (QED) is 0.784. The summed E-state index contributed by atoms with van der Waals surface area (Å²) >= 11 is 0. The van der Waals surface area contributed by atoms with Crippen LogP contribution in [0.4, 0.5) is 13.6 Å². The van der Waals surface area contributed by atoms with Gasteiger partial charge < -0.3 is 19.1 Å². The van der Waals surface area contributed by atoms with Crippen molar-refractivity contribution in [1.82, 2.24) is 9.80 Å². The Hall–Kier alpha value is -2.09. The Morgan fingerprint density at radius 2 is 1.78 bits per heavy atom. The summed E-state index contributed by atoms with van der Waals surface area (Å²) in [5.74, 6) is -0.737. The zero-order valence-corrected chi connectivity index (χ0v) is 15.2. The van der Waals surface area contributed by atoms with Crippen LogP contribution in [0, 0.1) is 17.6 Å². The van der Waals surface area contributed by atoms with Gasteiger partial charge in [-0.25, -0.2) is 13.6 Å². The molecule has 3 aliphatic rings. The Balaban J connectivity index is 1.21. The van der Waals surface area contributed by atoms with Crippen LogP contribution in [0.15, 0.2) is 12.1 Å². The highest BCUT2D eigenvalue weighted by atomic mass is 19.2. The number of ether oxygens (including phenoxy) is 3. The molecule has 0 radical (unpaired) electrons. The van der Waals surface area contributed by atoms with Gasteiger partial charge in [0, 0.05) is 25.2 Å². The number of fused-ring (bicyclic) bond motifs is 1. The number of hydrogen-bond acceptors (Lipinski definition) is 5. The third-order valence-electron chi connectivity index (χ3n) is 5.53. The lowest BCUT2D eigenvalue weighted by atomic mass is 9.93. The van der Waals surface area contributed by atoms with E-state index in [2.05, 4.69) is 4.90 Å². The van der Waals surface area contributed by atoms with Gasteiger partial charge in [-0.05, 0) is 38.3 Å². The first-order valence-corrected chi connectivity index (χ1v) is 9.51. The van der Waals surface area contributed by atoms with Crippen LogP contribution in [-0.4, -0.2) is 67.9 Å². The van der Waals surface area contributed by atoms with Crippen molar-refractivity contribution in [2.45, 2.75) is 25.4 Å². The van der Waals surface area contributed by atoms with E-state index >= 15 is 0 Å². The summed E-state index contributed by atoms with van der Waals surface area (Å²) in [6.07, 6.45) is 2.76. The molecule has 2 fully saturated rings. The maximum absolute atomic E-state index is 13.4. The number of rotatable bonds is 5. The van der Waals surface area contributed by atoms with Crippen molar-refractivity contribution in [3.63, 3.8) is 0 Å². The Bertz CT molecular complexity index is 695. The minimum Gasteiger partial charge on any atom is -0.486 e. The Kier molecular flexibility index (Phi) is 5.33. The largest absolute Gasteiger partial charge is 0.486 e. The zero-order chi connectivity index (χ0) is 18.8. The topological polar surface area (TPSA) is 51.2 Å². The van der Waals surface area contributed by atoms with Crippen LogP contribution >= 0.6 is 0 Å². The van der Waals surface area contributed by atoms with E-state index in [9.17, 15) is 13.6 Å². The molecule has 2 saturated heterocycles. The van der Waals surface area contributed by atoms with Crippen molar-refractivity contribution in [3.8, 4) is 11.5 Å². The Labute approximate surface area is 157 Å². The summed E-state index contributed by atoms with van der Waals surface area (Å²) in [6.45, 7) is 4.91. The summed E-state index contributed by atoms with van der Waals surface area (Å²) in [5, 5.41) is 0. The lowest BCUT2D eigenvalue weighted by Gasteiger charge is -2.36. The number of benzene rings is 1. The fraction of sp³-hybridized carbons (Fsp3) is 0.632. The second-order valence-electron chi connectivity index (χ2n) is 7.40. The van der Waals surface area contributed by atoms with E-state index in [1.54, 1.807) is 4.90 Å². The van der Waals surface area contributed by atoms with Crippen LogP contribution in [0.25, 0.3) is 0 Å². The third-order valence-corrected chi connectivity index (χ3v) is 5.53. The predicted molar refractivity (Wildman–Crippen MR) is 93.0 cm³/mol. The van der Waals surface area contributed by atoms with Crippen LogP contribution in [0.5, 0.6) is 11.5 Å². The smallest absolute Gasteiger partial charge is 0.409 e. The molecule has 0 unspecified atom stereocenters. The summed E-state index contributed by atoms with van der Waals surface area (Å²) in [5.41, 5.74) is 0. The van der Waals surface area contributed by atoms with Crippen molar-refractivity contribution >= 4 is 6.09 Å². The van der Waals surface area contributed by atoms with Gasteiger partial charge in [0.05, 0.1) is 6.54 Å². The lowest BCUT2D eigenvalue weighted by Crippen LogP contribution is -2.44. The molecule has 148 valence electrons. The van der Waals surface area contributed by atoms with Crippen molar-refractivity contribution in [3.05, 3.63) is 23.8 Å². The monoisotopic (exact) mass is 382 g/mol. The maximum Gasteiger partial charge on any atom is 0.409 e. The summed E-state index contributed by atoms with van der Waals surface area (Å²) in [6, 6.07) is 2.08. The summed E-state index contributed by atoms with van der Waals surface area (Å²) in [7, 11) is 0. The highest BCUT2D eigenvalue weighted by Crippen LogP contribution is 2.34. The highest BCUT2D eigenvalue weighted by Gasteiger charge is 2.28. The summed E-state index contributed by atoms with van der Waals surface area (Å²) < 4.78 is 42.9. The number of hydrogen-bond donors (Lipinski definition) is 0. The number of halogens is 2. The van der Waals surface area contributed by atoms with E-state index < -0.39 is 11.6 Å². The Morgan fingerprint density at radius 3 is 2.48 bits per heavy atom. The van der Waals surface area contributed by atoms with Crippen molar-refractivity contribution in [2.75, 3.05) is 45.9 Å². The number of piperidine rings is 1. The molecule has 0 aliphatic carbocycles. The van der Waals surface area contributed by atoms with E-state index in [1.165, 1.54) is 0 Å². The van der Waals surface area contributed by atoms with Crippen LogP contribution in [0.3, 0.4) is 0 Å². The average molecular weight is 382 g/mol. The van der Waals surface area contributed by atoms with E-state index in [1.807, 2.05) is 0 Å². The molecular weight excluding hydrogens is 358 g/mol. The second kappa shape index (κ2) is 7.88. The molecule has 0 aromatic heterocycles. The molecule has 3 heterocycles. The third kappa shape index (κ3) is 4.26. The highest BCUT2D eigenvalue weighted by molar-refractivity contribution is 5.69. The SMILES string of the molecule is O=C1OCCN1CCC1CCN(C[C@H]2COc3cc(F)c(F)cc3O2)CC1. The van der Waals surface area contributed by atoms with Gasteiger partial charge in [-0.1, -0.05) is 0 Å². The number of likely N-dealkylation sites (tertiary alicyclic amines) is 1. The van der Waals surface area contributed by atoms with Crippen LogP contribution in [0.2, 0.25) is 0 Å². The van der Waals surface area contributed by atoms with Gasteiger partial charge in [0.25, 0.3) is 0 Å². The first kappa shape index (κ1) is 18.3. The van der Waals surface area contributed by atoms with Gasteiger partial charge in [0.2, 0.25) is 0 Å². The molecule has 1 amide bonds. The number of carbonyl (C=O) groups excluding carboxylic acids is 1. The molecule has 4 rings (SSSR count). The molecule has 3 aliphatic heterocycles. The lowest BCUT2D eigenvalue weighted by molar-refractivity contribution is 0.0460. The van der Waals surface area contributed by atoms with Crippen LogP contribution in [0.1, 0.15) is 19.3 Å². The van der Waals surface area contributed by atoms with Crippen LogP contribution < -0.4 is 9.47 Å². The van der Waals surface area contributed by atoms with E-state index in [0.29, 0.717) is 32.2 Å². The number of nitrogens with zero attached hydrogens (tertiary/aromatic N) is 2. The van der Waals surface area contributed by atoms with Crippen molar-refractivity contribution in [2.24, 2.45) is 5.92 Å². The maximum atomic E-state index is 13.4. The van der Waals surface area contributed by atoms with E-state index in [0.717, 1.165) is 51.0 Å². The average Bonchev–Trinajstić information content (AvgIpc) is 3.07. The second-order valence-corrected chi connectivity index (χ2v) is 7.40. The molecule has 1 aromatic rings. The van der Waals surface area contributed by atoms with Gasteiger partial charge >= 0.3 is 6.09 Å². The summed E-state index contributed by atoms with van der Waals surface area (Å²) in [4.78, 5) is 15.6. The van der Waals surface area contributed by atoms with E-state index in [-0.39, 0.29) is 23.7 Å². The fourth-order valence-electron chi connectivity index (χ4n) is 3.91. The molecule has 0 N–H and O–H groups in total. The zero-order valence-electron chi connectivity index (χ0n) is 15.2. The molecule has 1 atom stereocenters. The predicted octanol–water partition coefficient (Wildman–Crippen LogP) is 2.66. The number of amides is 1. The van der Waals surface area contributed by atoms with Gasteiger partial charge in [0.15, 0.2) is 23.1 Å². The molecule has 1 aromatic carbocycles. The fourth-order valence-corrected chi connectivity index (χ4v) is 3.91. The Morgan fingerprint density at radius 1 is 1.04 bits per heavy atom. The minimum atomic E-state index is -0.930. The van der Waals surface area contributed by atoms with E-state index in [4.69, 9.17) is 14.2 Å². The van der Waals surface area contributed by atoms with Crippen LogP contribution in [-0.2, 0) is 4.74 Å². The molecule has 27 heavy (non-hydrogen) atoms. The number of cyclic esters (lactones) is 1. The first-order chi connectivity index (χ1) is 13.1. The molecule has 0 bridgehead atoms. The van der Waals surface area contributed by atoms with Crippen molar-refractivity contribution < 1.29 is 27.8 Å².